The molecule has 4 unspecified atom stereocenters. The number of carbonyl (C=O) groups excluding carboxylic acids is 5. The number of aromatic amines is 1. The molecule has 2 rings (SSSR count). The molecule has 0 saturated heterocycles. The zero-order valence-corrected chi connectivity index (χ0v) is 23.1. The van der Waals surface area contributed by atoms with Crippen LogP contribution in [0.3, 0.4) is 0 Å². The zero-order valence-electron chi connectivity index (χ0n) is 23.1. The largest absolute Gasteiger partial charge is 0.480 e. The number of carboxylic acid groups (broad SMARTS) is 1. The molecule has 41 heavy (non-hydrogen) atoms. The SMILES string of the molecule is CC(C)CC(NC(=O)C(CCC(N)=O)NC(=O)C(Cc1c[nH]c2ccccc12)NC(=O)C(N)CCC(N)=O)C(=O)O. The van der Waals surface area contributed by atoms with Crippen LogP contribution in [-0.2, 0) is 35.2 Å². The van der Waals surface area contributed by atoms with Crippen molar-refractivity contribution in [2.45, 2.75) is 76.5 Å². The second kappa shape index (κ2) is 15.4. The Kier molecular flexibility index (Phi) is 12.3. The fraction of sp³-hybridized carbons (Fsp3) is 0.481. The lowest BCUT2D eigenvalue weighted by Crippen LogP contribution is -2.57. The number of aliphatic carboxylic acids is 1. The third-order valence-corrected chi connectivity index (χ3v) is 6.40. The van der Waals surface area contributed by atoms with Crippen molar-refractivity contribution in [1.29, 1.82) is 0 Å². The molecule has 1 aromatic heterocycles. The molecular formula is C27H39N7O7. The molecule has 0 aliphatic carbocycles. The number of rotatable bonds is 17. The molecule has 0 spiro atoms. The number of nitrogens with one attached hydrogen (secondary N) is 4. The van der Waals surface area contributed by atoms with Gasteiger partial charge < -0.3 is 43.2 Å². The number of para-hydroxylation sites is 1. The molecule has 0 fully saturated rings. The van der Waals surface area contributed by atoms with E-state index in [-0.39, 0.29) is 44.4 Å². The molecule has 1 heterocycles. The Bertz CT molecular complexity index is 1260. The molecule has 5 amide bonds. The first-order valence-corrected chi connectivity index (χ1v) is 13.3. The minimum atomic E-state index is -1.32. The normalized spacial score (nSPS) is 14.0. The molecule has 11 N–H and O–H groups in total. The van der Waals surface area contributed by atoms with Gasteiger partial charge in [-0.1, -0.05) is 32.0 Å². The second-order valence-electron chi connectivity index (χ2n) is 10.3. The van der Waals surface area contributed by atoms with Gasteiger partial charge in [-0.05, 0) is 36.8 Å². The summed E-state index contributed by atoms with van der Waals surface area (Å²) >= 11 is 0. The van der Waals surface area contributed by atoms with Crippen molar-refractivity contribution < 1.29 is 33.9 Å². The maximum Gasteiger partial charge on any atom is 0.326 e. The summed E-state index contributed by atoms with van der Waals surface area (Å²) in [5.74, 6) is -4.97. The molecule has 0 aliphatic rings. The molecule has 0 saturated carbocycles. The van der Waals surface area contributed by atoms with Crippen LogP contribution in [0.15, 0.2) is 30.5 Å². The maximum atomic E-state index is 13.5. The van der Waals surface area contributed by atoms with Crippen LogP contribution in [0.2, 0.25) is 0 Å². The van der Waals surface area contributed by atoms with Gasteiger partial charge in [0.15, 0.2) is 0 Å². The summed E-state index contributed by atoms with van der Waals surface area (Å²) in [4.78, 5) is 76.8. The number of carbonyl (C=O) groups is 6. The van der Waals surface area contributed by atoms with E-state index in [1.54, 1.807) is 20.0 Å². The number of nitrogens with two attached hydrogens (primary N) is 3. The summed E-state index contributed by atoms with van der Waals surface area (Å²) in [6.07, 6.45) is 1.18. The van der Waals surface area contributed by atoms with Gasteiger partial charge in [0.1, 0.15) is 18.1 Å². The van der Waals surface area contributed by atoms with E-state index in [4.69, 9.17) is 17.2 Å². The Morgan fingerprint density at radius 1 is 0.829 bits per heavy atom. The van der Waals surface area contributed by atoms with Gasteiger partial charge in [0.05, 0.1) is 6.04 Å². The van der Waals surface area contributed by atoms with Crippen LogP contribution >= 0.6 is 0 Å². The fourth-order valence-electron chi connectivity index (χ4n) is 4.23. The number of hydrogen-bond acceptors (Lipinski definition) is 7. The number of aromatic nitrogens is 1. The van der Waals surface area contributed by atoms with Gasteiger partial charge in [-0.15, -0.1) is 0 Å². The van der Waals surface area contributed by atoms with E-state index in [0.717, 1.165) is 10.9 Å². The van der Waals surface area contributed by atoms with Crippen molar-refractivity contribution >= 4 is 46.4 Å². The van der Waals surface area contributed by atoms with E-state index in [9.17, 15) is 33.9 Å². The highest BCUT2D eigenvalue weighted by atomic mass is 16.4. The Balaban J connectivity index is 2.31. The van der Waals surface area contributed by atoms with Gasteiger partial charge in [0.25, 0.3) is 0 Å². The summed E-state index contributed by atoms with van der Waals surface area (Å²) in [6.45, 7) is 3.58. The molecule has 14 nitrogen and oxygen atoms in total. The predicted octanol–water partition coefficient (Wildman–Crippen LogP) is -0.846. The van der Waals surface area contributed by atoms with Crippen LogP contribution in [0.25, 0.3) is 10.9 Å². The standard InChI is InChI=1S/C27H39N7O7/c1-14(2)11-21(27(40)41)34-25(38)19(8-10-23(30)36)32-26(39)20(33-24(37)17(28)7-9-22(29)35)12-15-13-31-18-6-4-3-5-16(15)18/h3-6,13-14,17,19-21,31H,7-12,28H2,1-2H3,(H2,29,35)(H2,30,36)(H,32,39)(H,33,37)(H,34,38)(H,40,41). The molecule has 2 aromatic rings. The summed E-state index contributed by atoms with van der Waals surface area (Å²) < 4.78 is 0. The van der Waals surface area contributed by atoms with Gasteiger partial charge in [0.2, 0.25) is 29.5 Å². The molecule has 1 aromatic carbocycles. The quantitative estimate of drug-likeness (QED) is 0.118. The van der Waals surface area contributed by atoms with Crippen LogP contribution in [0.4, 0.5) is 0 Å². The van der Waals surface area contributed by atoms with Crippen molar-refractivity contribution in [2.75, 3.05) is 0 Å². The first-order valence-electron chi connectivity index (χ1n) is 13.3. The van der Waals surface area contributed by atoms with E-state index in [0.29, 0.717) is 5.56 Å². The number of benzene rings is 1. The van der Waals surface area contributed by atoms with Gasteiger partial charge in [-0.3, -0.25) is 24.0 Å². The highest BCUT2D eigenvalue weighted by molar-refractivity contribution is 5.95. The van der Waals surface area contributed by atoms with Crippen LogP contribution < -0.4 is 33.2 Å². The van der Waals surface area contributed by atoms with E-state index >= 15 is 0 Å². The smallest absolute Gasteiger partial charge is 0.326 e. The van der Waals surface area contributed by atoms with Gasteiger partial charge in [-0.25, -0.2) is 4.79 Å². The Hall–Kier alpha value is -4.46. The highest BCUT2D eigenvalue weighted by Crippen LogP contribution is 2.19. The third kappa shape index (κ3) is 10.6. The minimum absolute atomic E-state index is 0.000610. The topological polar surface area (TPSA) is 253 Å². The highest BCUT2D eigenvalue weighted by Gasteiger charge is 2.31. The van der Waals surface area contributed by atoms with Crippen LogP contribution in [0.1, 0.15) is 51.5 Å². The van der Waals surface area contributed by atoms with E-state index in [1.807, 2.05) is 24.3 Å². The summed E-state index contributed by atoms with van der Waals surface area (Å²) in [5.41, 5.74) is 17.8. The van der Waals surface area contributed by atoms with Gasteiger partial charge in [0, 0.05) is 36.4 Å². The predicted molar refractivity (Wildman–Crippen MR) is 150 cm³/mol. The van der Waals surface area contributed by atoms with Crippen molar-refractivity contribution in [3.05, 3.63) is 36.0 Å². The van der Waals surface area contributed by atoms with Crippen LogP contribution in [-0.4, -0.2) is 69.8 Å². The third-order valence-electron chi connectivity index (χ3n) is 6.40. The lowest BCUT2D eigenvalue weighted by molar-refractivity contribution is -0.143. The molecule has 0 bridgehead atoms. The zero-order chi connectivity index (χ0) is 30.7. The summed E-state index contributed by atoms with van der Waals surface area (Å²) in [5, 5.41) is 17.9. The average molecular weight is 574 g/mol. The van der Waals surface area contributed by atoms with Crippen LogP contribution in [0.5, 0.6) is 0 Å². The minimum Gasteiger partial charge on any atom is -0.480 e. The fourth-order valence-corrected chi connectivity index (χ4v) is 4.23. The van der Waals surface area contributed by atoms with E-state index in [1.165, 1.54) is 0 Å². The first-order chi connectivity index (χ1) is 19.3. The number of primary amides is 2. The lowest BCUT2D eigenvalue weighted by atomic mass is 10.0. The summed E-state index contributed by atoms with van der Waals surface area (Å²) in [6, 6.07) is 2.41. The number of fused-ring (bicyclic) bond motifs is 1. The molecule has 224 valence electrons. The Morgan fingerprint density at radius 2 is 1.39 bits per heavy atom. The van der Waals surface area contributed by atoms with Crippen molar-refractivity contribution in [3.63, 3.8) is 0 Å². The number of H-pyrrole nitrogens is 1. The van der Waals surface area contributed by atoms with Gasteiger partial charge >= 0.3 is 5.97 Å². The molecule has 0 radical (unpaired) electrons. The van der Waals surface area contributed by atoms with E-state index in [2.05, 4.69) is 20.9 Å². The van der Waals surface area contributed by atoms with Gasteiger partial charge in [-0.2, -0.15) is 0 Å². The van der Waals surface area contributed by atoms with Crippen molar-refractivity contribution in [3.8, 4) is 0 Å². The second-order valence-corrected chi connectivity index (χ2v) is 10.3. The molecule has 0 aliphatic heterocycles. The van der Waals surface area contributed by atoms with Crippen molar-refractivity contribution in [2.24, 2.45) is 23.1 Å². The van der Waals surface area contributed by atoms with Crippen molar-refractivity contribution in [1.82, 2.24) is 20.9 Å². The number of carboxylic acids is 1. The maximum absolute atomic E-state index is 13.5. The molecule has 4 atom stereocenters. The number of amides is 5. The Morgan fingerprint density at radius 3 is 2.00 bits per heavy atom. The lowest BCUT2D eigenvalue weighted by Gasteiger charge is -2.25. The average Bonchev–Trinajstić information content (AvgIpc) is 3.30. The van der Waals surface area contributed by atoms with E-state index < -0.39 is 59.7 Å². The monoisotopic (exact) mass is 573 g/mol. The first kappa shape index (κ1) is 32.8. The number of hydrogen-bond donors (Lipinski definition) is 8. The van der Waals surface area contributed by atoms with Crippen LogP contribution in [0, 0.1) is 5.92 Å². The summed E-state index contributed by atoms with van der Waals surface area (Å²) in [7, 11) is 0. The molecular weight excluding hydrogens is 534 g/mol. The Labute approximate surface area is 237 Å². The molecule has 14 heteroatoms.